The van der Waals surface area contributed by atoms with Crippen LogP contribution in [0.5, 0.6) is 0 Å². The van der Waals surface area contributed by atoms with E-state index in [9.17, 15) is 9.59 Å². The van der Waals surface area contributed by atoms with Crippen molar-refractivity contribution < 1.29 is 9.59 Å². The Morgan fingerprint density at radius 1 is 1.24 bits per heavy atom. The Morgan fingerprint density at radius 3 is 2.72 bits per heavy atom. The maximum atomic E-state index is 12.9. The molecule has 0 saturated heterocycles. The van der Waals surface area contributed by atoms with E-state index < -0.39 is 0 Å². The van der Waals surface area contributed by atoms with Crippen LogP contribution in [0, 0.1) is 11.3 Å². The largest absolute Gasteiger partial charge is 0.383 e. The van der Waals surface area contributed by atoms with Crippen molar-refractivity contribution in [1.82, 2.24) is 15.2 Å². The summed E-state index contributed by atoms with van der Waals surface area (Å²) in [5.41, 5.74) is 9.66. The van der Waals surface area contributed by atoms with E-state index in [0.29, 0.717) is 37.0 Å². The van der Waals surface area contributed by atoms with Gasteiger partial charge in [0.15, 0.2) is 0 Å². The summed E-state index contributed by atoms with van der Waals surface area (Å²) in [6, 6.07) is 11.6. The average molecular weight is 390 g/mol. The molecule has 0 bridgehead atoms. The van der Waals surface area contributed by atoms with Crippen LogP contribution in [0.2, 0.25) is 0 Å². The van der Waals surface area contributed by atoms with Crippen LogP contribution in [0.3, 0.4) is 0 Å². The highest BCUT2D eigenvalue weighted by Gasteiger charge is 2.61. The highest BCUT2D eigenvalue weighted by atomic mass is 16.2. The summed E-state index contributed by atoms with van der Waals surface area (Å²) in [5.74, 6) is 0.515. The number of rotatable bonds is 4. The van der Waals surface area contributed by atoms with Crippen molar-refractivity contribution in [2.24, 2.45) is 11.3 Å². The van der Waals surface area contributed by atoms with Gasteiger partial charge in [0.05, 0.1) is 5.56 Å². The smallest absolute Gasteiger partial charge is 0.255 e. The van der Waals surface area contributed by atoms with Crippen LogP contribution in [0.25, 0.3) is 0 Å². The number of carbonyl (C=O) groups is 2. The SMILES string of the molecule is Nc1nc2c(cc1C(=O)NCc1ccccc1)CN(C(=O)[C@H]1CC13CCC3)CC2. The van der Waals surface area contributed by atoms with Crippen LogP contribution < -0.4 is 11.1 Å². The molecule has 0 unspecified atom stereocenters. The standard InChI is InChI=1S/C23H26N4O2/c24-20-17(21(28)25-13-15-5-2-1-3-6-15)11-16-14-27(10-7-19(16)26-20)22(29)18-12-23(18)8-4-9-23/h1-3,5-6,11,18H,4,7-10,12-14H2,(H2,24,26)(H,25,28)/t18-/m1/s1. The van der Waals surface area contributed by atoms with E-state index in [1.165, 1.54) is 19.3 Å². The molecule has 6 nitrogen and oxygen atoms in total. The zero-order valence-electron chi connectivity index (χ0n) is 16.5. The molecule has 1 aromatic heterocycles. The van der Waals surface area contributed by atoms with Crippen LogP contribution >= 0.6 is 0 Å². The molecule has 0 radical (unpaired) electrons. The number of benzene rings is 1. The first kappa shape index (κ1) is 18.2. The van der Waals surface area contributed by atoms with Gasteiger partial charge in [0, 0.05) is 37.7 Å². The van der Waals surface area contributed by atoms with Gasteiger partial charge in [-0.1, -0.05) is 36.8 Å². The van der Waals surface area contributed by atoms with Crippen molar-refractivity contribution in [2.45, 2.75) is 45.2 Å². The van der Waals surface area contributed by atoms with Gasteiger partial charge in [-0.3, -0.25) is 9.59 Å². The molecule has 3 aliphatic rings. The molecule has 5 rings (SSSR count). The average Bonchev–Trinajstić information content (AvgIpc) is 3.48. The third-order valence-corrected chi connectivity index (χ3v) is 6.89. The molecule has 2 aromatic rings. The molecule has 1 aromatic carbocycles. The molecule has 150 valence electrons. The van der Waals surface area contributed by atoms with Gasteiger partial charge in [0.1, 0.15) is 5.82 Å². The van der Waals surface area contributed by atoms with Crippen LogP contribution in [0.15, 0.2) is 36.4 Å². The summed E-state index contributed by atoms with van der Waals surface area (Å²) in [4.78, 5) is 32.0. The Kier molecular flexibility index (Phi) is 4.30. The second-order valence-corrected chi connectivity index (χ2v) is 8.68. The lowest BCUT2D eigenvalue weighted by molar-refractivity contribution is -0.134. The van der Waals surface area contributed by atoms with Crippen molar-refractivity contribution in [2.75, 3.05) is 12.3 Å². The molecule has 2 heterocycles. The Hall–Kier alpha value is -2.89. The summed E-state index contributed by atoms with van der Waals surface area (Å²) < 4.78 is 0. The second kappa shape index (κ2) is 6.87. The predicted octanol–water partition coefficient (Wildman–Crippen LogP) is 2.67. The first-order chi connectivity index (χ1) is 14.1. The van der Waals surface area contributed by atoms with Crippen molar-refractivity contribution in [3.63, 3.8) is 0 Å². The van der Waals surface area contributed by atoms with Gasteiger partial charge >= 0.3 is 0 Å². The van der Waals surface area contributed by atoms with Gasteiger partial charge < -0.3 is 16.0 Å². The number of hydrogen-bond donors (Lipinski definition) is 2. The number of carbonyl (C=O) groups excluding carboxylic acids is 2. The van der Waals surface area contributed by atoms with E-state index in [-0.39, 0.29) is 23.6 Å². The van der Waals surface area contributed by atoms with Crippen LogP contribution in [-0.4, -0.2) is 28.2 Å². The Balaban J connectivity index is 1.29. The van der Waals surface area contributed by atoms with E-state index in [0.717, 1.165) is 23.2 Å². The lowest BCUT2D eigenvalue weighted by Crippen LogP contribution is -2.39. The highest BCUT2D eigenvalue weighted by molar-refractivity contribution is 5.98. The number of nitrogens with zero attached hydrogens (tertiary/aromatic N) is 2. The monoisotopic (exact) mass is 390 g/mol. The zero-order valence-corrected chi connectivity index (χ0v) is 16.5. The van der Waals surface area contributed by atoms with E-state index in [1.54, 1.807) is 0 Å². The fourth-order valence-corrected chi connectivity index (χ4v) is 4.83. The molecule has 2 fully saturated rings. The molecular formula is C23H26N4O2. The number of anilines is 1. The third-order valence-electron chi connectivity index (χ3n) is 6.89. The molecule has 29 heavy (non-hydrogen) atoms. The highest BCUT2D eigenvalue weighted by Crippen LogP contribution is 2.66. The Labute approximate surface area is 170 Å². The molecule has 1 atom stereocenters. The zero-order chi connectivity index (χ0) is 20.0. The van der Waals surface area contributed by atoms with Crippen molar-refractivity contribution >= 4 is 17.6 Å². The van der Waals surface area contributed by atoms with E-state index >= 15 is 0 Å². The predicted molar refractivity (Wildman–Crippen MR) is 110 cm³/mol. The molecule has 2 saturated carbocycles. The van der Waals surface area contributed by atoms with E-state index in [2.05, 4.69) is 10.3 Å². The third kappa shape index (κ3) is 3.26. The van der Waals surface area contributed by atoms with Gasteiger partial charge in [-0.15, -0.1) is 0 Å². The number of nitrogen functional groups attached to an aromatic ring is 1. The summed E-state index contributed by atoms with van der Waals surface area (Å²) in [7, 11) is 0. The van der Waals surface area contributed by atoms with Crippen molar-refractivity contribution in [3.8, 4) is 0 Å². The van der Waals surface area contributed by atoms with Gasteiger partial charge in [0.25, 0.3) is 5.91 Å². The minimum absolute atomic E-state index is 0.216. The molecule has 1 aliphatic heterocycles. The molecular weight excluding hydrogens is 364 g/mol. The van der Waals surface area contributed by atoms with Crippen molar-refractivity contribution in [3.05, 3.63) is 58.8 Å². The lowest BCUT2D eigenvalue weighted by Gasteiger charge is -2.32. The van der Waals surface area contributed by atoms with Gasteiger partial charge in [0.2, 0.25) is 5.91 Å². The second-order valence-electron chi connectivity index (χ2n) is 8.68. The summed E-state index contributed by atoms with van der Waals surface area (Å²) in [6.45, 7) is 1.64. The van der Waals surface area contributed by atoms with Gasteiger partial charge in [-0.05, 0) is 41.9 Å². The maximum absolute atomic E-state index is 12.9. The molecule has 2 aliphatic carbocycles. The maximum Gasteiger partial charge on any atom is 0.255 e. The fraction of sp³-hybridized carbons (Fsp3) is 0.435. The molecule has 2 amide bonds. The molecule has 6 heteroatoms. The topological polar surface area (TPSA) is 88.3 Å². The van der Waals surface area contributed by atoms with Crippen LogP contribution in [-0.2, 0) is 24.3 Å². The number of amides is 2. The Morgan fingerprint density at radius 2 is 2.03 bits per heavy atom. The van der Waals surface area contributed by atoms with E-state index in [4.69, 9.17) is 5.73 Å². The Bertz CT molecular complexity index is 968. The first-order valence-electron chi connectivity index (χ1n) is 10.4. The van der Waals surface area contributed by atoms with E-state index in [1.807, 2.05) is 41.3 Å². The minimum atomic E-state index is -0.235. The number of nitrogens with one attached hydrogen (secondary N) is 1. The molecule has 3 N–H and O–H groups in total. The number of pyridine rings is 1. The summed E-state index contributed by atoms with van der Waals surface area (Å²) in [6.07, 6.45) is 5.42. The van der Waals surface area contributed by atoms with Gasteiger partial charge in [-0.25, -0.2) is 4.98 Å². The lowest BCUT2D eigenvalue weighted by atomic mass is 9.79. The molecule has 1 spiro atoms. The normalized spacial score (nSPS) is 21.2. The summed E-state index contributed by atoms with van der Waals surface area (Å²) >= 11 is 0. The fourth-order valence-electron chi connectivity index (χ4n) is 4.83. The number of aromatic nitrogens is 1. The number of fused-ring (bicyclic) bond motifs is 1. The number of nitrogens with two attached hydrogens (primary N) is 1. The first-order valence-corrected chi connectivity index (χ1v) is 10.4. The van der Waals surface area contributed by atoms with Crippen molar-refractivity contribution in [1.29, 1.82) is 0 Å². The minimum Gasteiger partial charge on any atom is -0.383 e. The summed E-state index contributed by atoms with van der Waals surface area (Å²) in [5, 5.41) is 2.91. The van der Waals surface area contributed by atoms with Crippen LogP contribution in [0.1, 0.15) is 52.9 Å². The quantitative estimate of drug-likeness (QED) is 0.840. The van der Waals surface area contributed by atoms with Crippen LogP contribution in [0.4, 0.5) is 5.82 Å². The van der Waals surface area contributed by atoms with Gasteiger partial charge in [-0.2, -0.15) is 0 Å². The number of hydrogen-bond acceptors (Lipinski definition) is 4.